The molecule has 1 amide bonds. The van der Waals surface area contributed by atoms with Gasteiger partial charge in [0.05, 0.1) is 11.4 Å². The topological polar surface area (TPSA) is 76.1 Å². The second-order valence-electron chi connectivity index (χ2n) is 6.38. The van der Waals surface area contributed by atoms with Crippen LogP contribution in [0.1, 0.15) is 4.88 Å². The fraction of sp³-hybridized carbons (Fsp3) is 0.136. The summed E-state index contributed by atoms with van der Waals surface area (Å²) in [6.07, 6.45) is 0.951. The average molecular weight is 469 g/mol. The number of thiophene rings is 1. The highest BCUT2D eigenvalue weighted by molar-refractivity contribution is 8.01. The van der Waals surface area contributed by atoms with Gasteiger partial charge in [0.1, 0.15) is 5.75 Å². The van der Waals surface area contributed by atoms with Gasteiger partial charge in [0.15, 0.2) is 10.1 Å². The molecule has 0 spiro atoms. The van der Waals surface area contributed by atoms with Crippen molar-refractivity contribution in [3.05, 3.63) is 77.0 Å². The van der Waals surface area contributed by atoms with E-state index >= 15 is 0 Å². The number of amides is 1. The molecular weight excluding hydrogens is 448 g/mol. The van der Waals surface area contributed by atoms with Crippen molar-refractivity contribution in [2.45, 2.75) is 10.8 Å². The number of nitrogens with zero attached hydrogens (tertiary/aromatic N) is 2. The second-order valence-corrected chi connectivity index (χ2v) is 9.61. The van der Waals surface area contributed by atoms with E-state index in [2.05, 4.69) is 38.3 Å². The Morgan fingerprint density at radius 3 is 2.68 bits per heavy atom. The van der Waals surface area contributed by atoms with Crippen molar-refractivity contribution in [1.29, 1.82) is 0 Å². The van der Waals surface area contributed by atoms with E-state index in [-0.39, 0.29) is 11.7 Å². The summed E-state index contributed by atoms with van der Waals surface area (Å²) in [4.78, 5) is 13.8. The van der Waals surface area contributed by atoms with E-state index < -0.39 is 0 Å². The van der Waals surface area contributed by atoms with Gasteiger partial charge >= 0.3 is 0 Å². The standard InChI is InChI=1S/C22H20N4O2S3/c27-20(24-18-10-4-5-11-19(18)28-16-7-2-1-3-8-16)15-30-22-26-25-21(31-22)23-13-12-17-9-6-14-29-17/h1-11,14H,12-13,15H2,(H,23,25)(H,24,27). The maximum Gasteiger partial charge on any atom is 0.234 e. The summed E-state index contributed by atoms with van der Waals surface area (Å²) >= 11 is 4.56. The zero-order chi connectivity index (χ0) is 21.3. The normalized spacial score (nSPS) is 10.6. The number of anilines is 2. The molecule has 2 heterocycles. The van der Waals surface area contributed by atoms with Crippen LogP contribution in [0.3, 0.4) is 0 Å². The first-order valence-electron chi connectivity index (χ1n) is 9.60. The molecule has 6 nitrogen and oxygen atoms in total. The molecule has 31 heavy (non-hydrogen) atoms. The van der Waals surface area contributed by atoms with E-state index in [4.69, 9.17) is 4.74 Å². The van der Waals surface area contributed by atoms with Crippen molar-refractivity contribution in [2.75, 3.05) is 22.9 Å². The summed E-state index contributed by atoms with van der Waals surface area (Å²) in [5, 5.41) is 17.3. The van der Waals surface area contributed by atoms with Crippen LogP contribution in [0.2, 0.25) is 0 Å². The van der Waals surface area contributed by atoms with Crippen molar-refractivity contribution in [2.24, 2.45) is 0 Å². The van der Waals surface area contributed by atoms with Gasteiger partial charge in [-0.25, -0.2) is 0 Å². The quantitative estimate of drug-likeness (QED) is 0.288. The van der Waals surface area contributed by atoms with Gasteiger partial charge in [0.25, 0.3) is 0 Å². The highest BCUT2D eigenvalue weighted by Crippen LogP contribution is 2.30. The fourth-order valence-electron chi connectivity index (χ4n) is 2.67. The molecule has 0 radical (unpaired) electrons. The van der Waals surface area contributed by atoms with Crippen molar-refractivity contribution in [1.82, 2.24) is 10.2 Å². The van der Waals surface area contributed by atoms with Crippen LogP contribution < -0.4 is 15.4 Å². The SMILES string of the molecule is O=C(CSc1nnc(NCCc2cccs2)s1)Nc1ccccc1Oc1ccccc1. The Labute approximate surface area is 192 Å². The molecule has 158 valence electrons. The summed E-state index contributed by atoms with van der Waals surface area (Å²) in [5.74, 6) is 1.42. The summed E-state index contributed by atoms with van der Waals surface area (Å²) < 4.78 is 6.64. The van der Waals surface area contributed by atoms with Gasteiger partial charge < -0.3 is 15.4 Å². The molecule has 4 aromatic rings. The number of para-hydroxylation sites is 3. The Morgan fingerprint density at radius 2 is 1.84 bits per heavy atom. The molecule has 4 rings (SSSR count). The second kappa shape index (κ2) is 10.9. The van der Waals surface area contributed by atoms with Crippen molar-refractivity contribution in [3.63, 3.8) is 0 Å². The number of hydrogen-bond donors (Lipinski definition) is 2. The lowest BCUT2D eigenvalue weighted by Crippen LogP contribution is -2.14. The lowest BCUT2D eigenvalue weighted by atomic mass is 10.3. The predicted octanol–water partition coefficient (Wildman–Crippen LogP) is 5.78. The molecule has 9 heteroatoms. The van der Waals surface area contributed by atoms with Gasteiger partial charge in [0.2, 0.25) is 11.0 Å². The Morgan fingerprint density at radius 1 is 1.00 bits per heavy atom. The number of carbonyl (C=O) groups is 1. The van der Waals surface area contributed by atoms with Gasteiger partial charge in [0, 0.05) is 11.4 Å². The fourth-order valence-corrected chi connectivity index (χ4v) is 4.96. The molecule has 0 aliphatic heterocycles. The van der Waals surface area contributed by atoms with Crippen LogP contribution in [-0.2, 0) is 11.2 Å². The number of rotatable bonds is 10. The van der Waals surface area contributed by atoms with Crippen molar-refractivity contribution in [3.8, 4) is 11.5 Å². The molecular formula is C22H20N4O2S3. The molecule has 0 unspecified atom stereocenters. The lowest BCUT2D eigenvalue weighted by molar-refractivity contribution is -0.113. The Balaban J connectivity index is 1.26. The van der Waals surface area contributed by atoms with Crippen molar-refractivity contribution < 1.29 is 9.53 Å². The summed E-state index contributed by atoms with van der Waals surface area (Å²) in [6.45, 7) is 0.804. The van der Waals surface area contributed by atoms with Crippen LogP contribution in [0.4, 0.5) is 10.8 Å². The molecule has 2 N–H and O–H groups in total. The number of nitrogens with one attached hydrogen (secondary N) is 2. The third-order valence-corrected chi connectivity index (χ3v) is 7.04. The molecule has 0 aliphatic carbocycles. The highest BCUT2D eigenvalue weighted by Gasteiger charge is 2.11. The molecule has 0 fully saturated rings. The molecule has 0 bridgehead atoms. The molecule has 0 saturated heterocycles. The first-order chi connectivity index (χ1) is 15.3. The monoisotopic (exact) mass is 468 g/mol. The Hall–Kier alpha value is -2.88. The van der Waals surface area contributed by atoms with Gasteiger partial charge in [-0.2, -0.15) is 0 Å². The van der Waals surface area contributed by atoms with Gasteiger partial charge in [-0.15, -0.1) is 21.5 Å². The average Bonchev–Trinajstić information content (AvgIpc) is 3.47. The number of benzene rings is 2. The van der Waals surface area contributed by atoms with E-state index in [1.54, 1.807) is 11.3 Å². The van der Waals surface area contributed by atoms with E-state index in [0.29, 0.717) is 17.2 Å². The third-order valence-electron chi connectivity index (χ3n) is 4.09. The van der Waals surface area contributed by atoms with E-state index in [9.17, 15) is 4.79 Å². The molecule has 0 aliphatic rings. The Kier molecular flexibility index (Phi) is 7.54. The number of carbonyl (C=O) groups excluding carboxylic acids is 1. The number of hydrogen-bond acceptors (Lipinski definition) is 8. The summed E-state index contributed by atoms with van der Waals surface area (Å²) in [5.41, 5.74) is 0.630. The van der Waals surface area contributed by atoms with Gasteiger partial charge in [-0.05, 0) is 42.1 Å². The summed E-state index contributed by atoms with van der Waals surface area (Å²) in [7, 11) is 0. The van der Waals surface area contributed by atoms with Crippen LogP contribution in [0.5, 0.6) is 11.5 Å². The molecule has 0 saturated carbocycles. The van der Waals surface area contributed by atoms with Crippen LogP contribution in [0.15, 0.2) is 76.4 Å². The van der Waals surface area contributed by atoms with E-state index in [0.717, 1.165) is 22.4 Å². The van der Waals surface area contributed by atoms with Crippen molar-refractivity contribution >= 4 is 51.2 Å². The lowest BCUT2D eigenvalue weighted by Gasteiger charge is -2.11. The largest absolute Gasteiger partial charge is 0.455 e. The number of ether oxygens (including phenoxy) is 1. The molecule has 2 aromatic heterocycles. The first-order valence-corrected chi connectivity index (χ1v) is 12.3. The van der Waals surface area contributed by atoms with E-state index in [1.165, 1.54) is 28.0 Å². The van der Waals surface area contributed by atoms with Crippen LogP contribution in [0, 0.1) is 0 Å². The zero-order valence-corrected chi connectivity index (χ0v) is 18.9. The number of thioether (sulfide) groups is 1. The van der Waals surface area contributed by atoms with Gasteiger partial charge in [-0.3, -0.25) is 4.79 Å². The maximum absolute atomic E-state index is 12.5. The Bertz CT molecular complexity index is 1100. The predicted molar refractivity (Wildman–Crippen MR) is 129 cm³/mol. The first kappa shape index (κ1) is 21.4. The van der Waals surface area contributed by atoms with Crippen LogP contribution in [0.25, 0.3) is 0 Å². The maximum atomic E-state index is 12.5. The number of aromatic nitrogens is 2. The smallest absolute Gasteiger partial charge is 0.234 e. The minimum absolute atomic E-state index is 0.128. The van der Waals surface area contributed by atoms with Crippen LogP contribution in [-0.4, -0.2) is 28.4 Å². The third kappa shape index (κ3) is 6.55. The van der Waals surface area contributed by atoms with Gasteiger partial charge in [-0.1, -0.05) is 59.5 Å². The minimum Gasteiger partial charge on any atom is -0.455 e. The molecule has 0 atom stereocenters. The summed E-state index contributed by atoms with van der Waals surface area (Å²) in [6, 6.07) is 21.0. The zero-order valence-electron chi connectivity index (χ0n) is 16.5. The van der Waals surface area contributed by atoms with E-state index in [1.807, 2.05) is 54.6 Å². The highest BCUT2D eigenvalue weighted by atomic mass is 32.2. The molecule has 2 aromatic carbocycles. The van der Waals surface area contributed by atoms with Crippen LogP contribution >= 0.6 is 34.4 Å². The minimum atomic E-state index is -0.128.